The number of rotatable bonds is 9. The smallest absolute Gasteiger partial charge is 0.423 e. The van der Waals surface area contributed by atoms with Crippen molar-refractivity contribution in [3.8, 4) is 5.75 Å². The SMILES string of the molecule is C=Cc1ccc2cc(OS(=O)(=O)C(F)(F)C(F)(F)C(F)(F)S(=O)(=O)[N-]S(=O)(=O)C(F)(F)F)ccc2c1. The number of halogens is 9. The first-order valence-electron chi connectivity index (χ1n) is 8.47. The van der Waals surface area contributed by atoms with Crippen LogP contribution < -0.4 is 4.18 Å². The van der Waals surface area contributed by atoms with Crippen molar-refractivity contribution >= 4 is 47.0 Å². The van der Waals surface area contributed by atoms with E-state index in [4.69, 9.17) is 0 Å². The van der Waals surface area contributed by atoms with Crippen LogP contribution in [0.25, 0.3) is 21.0 Å². The van der Waals surface area contributed by atoms with Crippen LogP contribution in [-0.2, 0) is 30.2 Å². The monoisotopic (exact) mass is 594 g/mol. The highest BCUT2D eigenvalue weighted by molar-refractivity contribution is 8.13. The van der Waals surface area contributed by atoms with E-state index in [1.807, 2.05) is 0 Å². The zero-order valence-corrected chi connectivity index (χ0v) is 19.1. The molecule has 202 valence electrons. The van der Waals surface area contributed by atoms with Crippen molar-refractivity contribution in [3.05, 3.63) is 52.7 Å². The van der Waals surface area contributed by atoms with Crippen molar-refractivity contribution in [3.63, 3.8) is 0 Å². The third kappa shape index (κ3) is 4.85. The fraction of sp³-hybridized carbons (Fsp3) is 0.250. The van der Waals surface area contributed by atoms with Crippen LogP contribution in [0.15, 0.2) is 43.0 Å². The molecule has 20 heteroatoms. The van der Waals surface area contributed by atoms with E-state index in [0.29, 0.717) is 27.2 Å². The Bertz CT molecular complexity index is 1520. The van der Waals surface area contributed by atoms with Crippen molar-refractivity contribution in [2.24, 2.45) is 0 Å². The molecule has 0 aliphatic carbocycles. The third-order valence-electron chi connectivity index (χ3n) is 4.14. The predicted molar refractivity (Wildman–Crippen MR) is 106 cm³/mol. The summed E-state index contributed by atoms with van der Waals surface area (Å²) in [5, 5.41) is -14.3. The van der Waals surface area contributed by atoms with Crippen LogP contribution in [-0.4, -0.2) is 47.2 Å². The van der Waals surface area contributed by atoms with E-state index in [2.05, 4.69) is 10.8 Å². The summed E-state index contributed by atoms with van der Waals surface area (Å²) in [5.41, 5.74) is -6.18. The van der Waals surface area contributed by atoms with Gasteiger partial charge >= 0.3 is 32.1 Å². The quantitative estimate of drug-likeness (QED) is 0.308. The number of alkyl halides is 9. The molecule has 0 spiro atoms. The Morgan fingerprint density at radius 1 is 0.722 bits per heavy atom. The van der Waals surface area contributed by atoms with Crippen LogP contribution in [0.5, 0.6) is 5.75 Å². The highest BCUT2D eigenvalue weighted by Crippen LogP contribution is 2.53. The molecule has 0 aromatic heterocycles. The molecule has 2 aromatic rings. The van der Waals surface area contributed by atoms with E-state index in [1.165, 1.54) is 24.3 Å². The van der Waals surface area contributed by atoms with Gasteiger partial charge in [0, 0.05) is 0 Å². The number of benzene rings is 2. The topological polar surface area (TPSA) is 126 Å². The molecule has 0 atom stereocenters. The Morgan fingerprint density at radius 2 is 1.22 bits per heavy atom. The van der Waals surface area contributed by atoms with Crippen LogP contribution in [0, 0.1) is 0 Å². The van der Waals surface area contributed by atoms with Gasteiger partial charge in [-0.1, -0.05) is 30.9 Å². The van der Waals surface area contributed by atoms with Gasteiger partial charge in [-0.05, 0) is 34.5 Å². The van der Waals surface area contributed by atoms with Gasteiger partial charge in [-0.25, -0.2) is 16.8 Å². The zero-order valence-electron chi connectivity index (χ0n) is 16.7. The summed E-state index contributed by atoms with van der Waals surface area (Å²) in [7, 11) is -22.7. The molecule has 8 nitrogen and oxygen atoms in total. The van der Waals surface area contributed by atoms with Gasteiger partial charge < -0.3 is 8.31 Å². The number of hydrogen-bond acceptors (Lipinski definition) is 7. The molecule has 36 heavy (non-hydrogen) atoms. The van der Waals surface area contributed by atoms with Crippen LogP contribution in [0.3, 0.4) is 0 Å². The number of hydrogen-bond donors (Lipinski definition) is 0. The summed E-state index contributed by atoms with van der Waals surface area (Å²) in [6, 6.07) is 6.45. The Kier molecular flexibility index (Phi) is 7.22. The summed E-state index contributed by atoms with van der Waals surface area (Å²) in [4.78, 5) is 0. The van der Waals surface area contributed by atoms with Crippen LogP contribution in [0.1, 0.15) is 5.56 Å². The zero-order chi connectivity index (χ0) is 28.2. The first-order valence-corrected chi connectivity index (χ1v) is 12.8. The molecule has 0 amide bonds. The minimum atomic E-state index is -7.98. The van der Waals surface area contributed by atoms with Gasteiger partial charge in [0.25, 0.3) is 0 Å². The molecule has 0 aliphatic rings. The third-order valence-corrected chi connectivity index (χ3v) is 8.49. The second kappa shape index (κ2) is 8.77. The number of fused-ring (bicyclic) bond motifs is 1. The second-order valence-electron chi connectivity index (χ2n) is 6.59. The van der Waals surface area contributed by atoms with Gasteiger partial charge in [0.15, 0.2) is 20.0 Å². The minimum Gasteiger partial charge on any atom is -0.423 e. The summed E-state index contributed by atoms with van der Waals surface area (Å²) in [6.45, 7) is 3.46. The summed E-state index contributed by atoms with van der Waals surface area (Å²) in [6.07, 6.45) is 1.39. The molecule has 0 unspecified atom stereocenters. The minimum absolute atomic E-state index is 0.0624. The lowest BCUT2D eigenvalue weighted by molar-refractivity contribution is -0.245. The Balaban J connectivity index is 2.50. The molecule has 0 fully saturated rings. The van der Waals surface area contributed by atoms with E-state index in [9.17, 15) is 64.8 Å². The van der Waals surface area contributed by atoms with Crippen molar-refractivity contribution in [1.82, 2.24) is 0 Å². The fourth-order valence-electron chi connectivity index (χ4n) is 2.31. The number of nitrogens with zero attached hydrogens (tertiary/aromatic N) is 1. The molecule has 2 rings (SSSR count). The number of sulfonamides is 2. The molecule has 2 aromatic carbocycles. The molecule has 0 saturated carbocycles. The van der Waals surface area contributed by atoms with Gasteiger partial charge in [-0.15, -0.1) is 0 Å². The van der Waals surface area contributed by atoms with E-state index in [-0.39, 0.29) is 5.39 Å². The molecule has 0 bridgehead atoms. The van der Waals surface area contributed by atoms with Gasteiger partial charge in [-0.3, -0.25) is 0 Å². The summed E-state index contributed by atoms with van der Waals surface area (Å²) >= 11 is 0. The molecular formula is C16H9F9NO7S3-. The van der Waals surface area contributed by atoms with Crippen molar-refractivity contribution in [1.29, 1.82) is 0 Å². The second-order valence-corrected chi connectivity index (χ2v) is 11.6. The Morgan fingerprint density at radius 3 is 1.72 bits per heavy atom. The van der Waals surface area contributed by atoms with E-state index in [1.54, 1.807) is 0 Å². The maximum absolute atomic E-state index is 14.1. The molecule has 0 saturated heterocycles. The maximum Gasteiger partial charge on any atom is 0.480 e. The van der Waals surface area contributed by atoms with Crippen molar-refractivity contribution < 1.29 is 69.0 Å². The standard InChI is InChI=1S/C16H9F9NO7S3/c1-2-9-3-4-11-8-12(6-5-10(11)7-9)33-36(31,32)15(21,22)13(17,18)14(19,20)34(27,28)26-35(29,30)16(23,24)25/h2-8H,1H2/q-1. The maximum atomic E-state index is 14.1. The molecule has 0 radical (unpaired) electrons. The summed E-state index contributed by atoms with van der Waals surface area (Å²) in [5.74, 6) is -8.74. The first kappa shape index (κ1) is 29.6. The molecule has 0 aliphatic heterocycles. The van der Waals surface area contributed by atoms with Crippen molar-refractivity contribution in [2.75, 3.05) is 0 Å². The predicted octanol–water partition coefficient (Wildman–Crippen LogP) is 4.57. The van der Waals surface area contributed by atoms with Crippen molar-refractivity contribution in [2.45, 2.75) is 21.9 Å². The van der Waals surface area contributed by atoms with E-state index < -0.39 is 57.9 Å². The average molecular weight is 594 g/mol. The van der Waals surface area contributed by atoms with E-state index >= 15 is 0 Å². The van der Waals surface area contributed by atoms with Gasteiger partial charge in [0.05, 0.1) is 0 Å². The van der Waals surface area contributed by atoms with Gasteiger partial charge in [0.1, 0.15) is 5.75 Å². The Labute approximate surface area is 196 Å². The largest absolute Gasteiger partial charge is 0.480 e. The van der Waals surface area contributed by atoms with Crippen LogP contribution >= 0.6 is 0 Å². The lowest BCUT2D eigenvalue weighted by Gasteiger charge is -2.35. The molecule has 0 N–H and O–H groups in total. The fourth-order valence-corrected chi connectivity index (χ4v) is 5.47. The first-order chi connectivity index (χ1) is 15.9. The molecule has 0 heterocycles. The lowest BCUT2D eigenvalue weighted by atomic mass is 10.1. The normalized spacial score (nSPS) is 14.6. The van der Waals surface area contributed by atoms with Crippen LogP contribution in [0.2, 0.25) is 0 Å². The van der Waals surface area contributed by atoms with E-state index in [0.717, 1.165) is 6.07 Å². The summed E-state index contributed by atoms with van der Waals surface area (Å²) < 4.78 is 192. The Hall–Kier alpha value is -2.58. The van der Waals surface area contributed by atoms with Gasteiger partial charge in [-0.2, -0.15) is 47.9 Å². The molecular weight excluding hydrogens is 585 g/mol. The average Bonchev–Trinajstić information content (AvgIpc) is 2.70. The highest BCUT2D eigenvalue weighted by Gasteiger charge is 2.81. The highest BCUT2D eigenvalue weighted by atomic mass is 32.3. The van der Waals surface area contributed by atoms with Crippen LogP contribution in [0.4, 0.5) is 39.5 Å². The van der Waals surface area contributed by atoms with Gasteiger partial charge in [0.2, 0.25) is 0 Å². The lowest BCUT2D eigenvalue weighted by Crippen LogP contribution is -2.61.